The number of nitrogens with one attached hydrogen (secondary N) is 1. The molecule has 2 amide bonds. The standard InChI is InChI=1S/C21H27N3O4.ClH/c1-14(23-12-15-4-2-10-21(15,13-23)20(27)28)19(26)22-16-6-8-17(9-7-16)24-11-3-5-18(24)25;/h6-9,14-15H,2-5,10-13H2,1H3,(H,22,26)(H,27,28);1H/t14?,15-,21+;/m0./s1. The Morgan fingerprint density at radius 3 is 2.55 bits per heavy atom. The molecule has 4 rings (SSSR count). The Morgan fingerprint density at radius 1 is 1.24 bits per heavy atom. The van der Waals surface area contributed by atoms with Crippen molar-refractivity contribution in [3.8, 4) is 0 Å². The summed E-state index contributed by atoms with van der Waals surface area (Å²) in [6.45, 7) is 3.68. The molecule has 3 atom stereocenters. The summed E-state index contributed by atoms with van der Waals surface area (Å²) in [5.41, 5.74) is 0.849. The number of carboxylic acid groups (broad SMARTS) is 1. The Morgan fingerprint density at radius 2 is 1.97 bits per heavy atom. The number of fused-ring (bicyclic) bond motifs is 1. The first kappa shape index (κ1) is 21.6. The molecule has 8 heteroatoms. The number of carbonyl (C=O) groups is 3. The van der Waals surface area contributed by atoms with Crippen molar-refractivity contribution in [3.63, 3.8) is 0 Å². The van der Waals surface area contributed by atoms with E-state index in [0.29, 0.717) is 31.6 Å². The first-order valence-corrected chi connectivity index (χ1v) is 10.1. The molecule has 29 heavy (non-hydrogen) atoms. The minimum atomic E-state index is -0.725. The van der Waals surface area contributed by atoms with E-state index in [4.69, 9.17) is 0 Å². The van der Waals surface area contributed by atoms with Gasteiger partial charge in [0.15, 0.2) is 0 Å². The second kappa shape index (κ2) is 8.32. The van der Waals surface area contributed by atoms with Crippen LogP contribution in [0, 0.1) is 11.3 Å². The Bertz CT molecular complexity index is 800. The van der Waals surface area contributed by atoms with Crippen LogP contribution in [0.5, 0.6) is 0 Å². The van der Waals surface area contributed by atoms with E-state index in [1.54, 1.807) is 4.90 Å². The topological polar surface area (TPSA) is 90.0 Å². The molecule has 2 N–H and O–H groups in total. The van der Waals surface area contributed by atoms with E-state index < -0.39 is 11.4 Å². The lowest BCUT2D eigenvalue weighted by molar-refractivity contribution is -0.149. The maximum Gasteiger partial charge on any atom is 0.311 e. The van der Waals surface area contributed by atoms with Gasteiger partial charge in [-0.25, -0.2) is 0 Å². The number of amides is 2. The van der Waals surface area contributed by atoms with Gasteiger partial charge in [-0.1, -0.05) is 6.42 Å². The predicted octanol–water partition coefficient (Wildman–Crippen LogP) is 2.75. The maximum absolute atomic E-state index is 12.7. The van der Waals surface area contributed by atoms with Gasteiger partial charge in [0.2, 0.25) is 11.8 Å². The number of nitrogens with zero attached hydrogens (tertiary/aromatic N) is 2. The zero-order chi connectivity index (χ0) is 19.9. The van der Waals surface area contributed by atoms with Gasteiger partial charge in [-0.2, -0.15) is 0 Å². The van der Waals surface area contributed by atoms with Crippen molar-refractivity contribution in [3.05, 3.63) is 24.3 Å². The quantitative estimate of drug-likeness (QED) is 0.762. The number of benzene rings is 1. The van der Waals surface area contributed by atoms with Crippen LogP contribution in [0.3, 0.4) is 0 Å². The predicted molar refractivity (Wildman–Crippen MR) is 112 cm³/mol. The van der Waals surface area contributed by atoms with Gasteiger partial charge >= 0.3 is 5.97 Å². The summed E-state index contributed by atoms with van der Waals surface area (Å²) >= 11 is 0. The summed E-state index contributed by atoms with van der Waals surface area (Å²) in [4.78, 5) is 40.2. The van der Waals surface area contributed by atoms with Gasteiger partial charge in [0, 0.05) is 37.4 Å². The van der Waals surface area contributed by atoms with Crippen molar-refractivity contribution >= 4 is 41.6 Å². The third-order valence-corrected chi connectivity index (χ3v) is 6.77. The van der Waals surface area contributed by atoms with Crippen molar-refractivity contribution in [2.75, 3.05) is 29.9 Å². The van der Waals surface area contributed by atoms with E-state index >= 15 is 0 Å². The Hall–Kier alpha value is -2.12. The molecule has 158 valence electrons. The van der Waals surface area contributed by atoms with Gasteiger partial charge < -0.3 is 15.3 Å². The van der Waals surface area contributed by atoms with Gasteiger partial charge in [0.05, 0.1) is 11.5 Å². The molecule has 2 saturated heterocycles. The summed E-state index contributed by atoms with van der Waals surface area (Å²) in [5.74, 6) is -0.586. The van der Waals surface area contributed by atoms with Crippen LogP contribution in [0.15, 0.2) is 24.3 Å². The first-order chi connectivity index (χ1) is 13.4. The van der Waals surface area contributed by atoms with Crippen LogP contribution in [-0.2, 0) is 14.4 Å². The molecule has 3 aliphatic rings. The zero-order valence-electron chi connectivity index (χ0n) is 16.6. The normalized spacial score (nSPS) is 27.4. The Balaban J connectivity index is 0.00000240. The number of halogens is 1. The summed E-state index contributed by atoms with van der Waals surface area (Å²) in [7, 11) is 0. The minimum absolute atomic E-state index is 0. The number of hydrogen-bond donors (Lipinski definition) is 2. The number of aliphatic carboxylic acids is 1. The monoisotopic (exact) mass is 421 g/mol. The summed E-state index contributed by atoms with van der Waals surface area (Å²) < 4.78 is 0. The molecule has 0 radical (unpaired) electrons. The first-order valence-electron chi connectivity index (χ1n) is 10.1. The third-order valence-electron chi connectivity index (χ3n) is 6.77. The van der Waals surface area contributed by atoms with E-state index in [2.05, 4.69) is 5.32 Å². The fraction of sp³-hybridized carbons (Fsp3) is 0.571. The van der Waals surface area contributed by atoms with Crippen molar-refractivity contribution in [1.82, 2.24) is 4.90 Å². The number of anilines is 2. The van der Waals surface area contributed by atoms with Gasteiger partial charge in [0.25, 0.3) is 0 Å². The average Bonchev–Trinajstić information content (AvgIpc) is 3.35. The molecule has 1 aromatic carbocycles. The van der Waals surface area contributed by atoms with Crippen LogP contribution in [-0.4, -0.2) is 53.5 Å². The van der Waals surface area contributed by atoms with Crippen LogP contribution < -0.4 is 10.2 Å². The summed E-state index contributed by atoms with van der Waals surface area (Å²) in [5, 5.41) is 12.7. The third kappa shape index (κ3) is 3.85. The zero-order valence-corrected chi connectivity index (χ0v) is 17.4. The van der Waals surface area contributed by atoms with Crippen LogP contribution in [0.1, 0.15) is 39.0 Å². The number of hydrogen-bond acceptors (Lipinski definition) is 4. The molecule has 3 fully saturated rings. The molecule has 1 aliphatic carbocycles. The molecule has 0 spiro atoms. The van der Waals surface area contributed by atoms with Gasteiger partial charge in [-0.3, -0.25) is 19.3 Å². The highest BCUT2D eigenvalue weighted by Crippen LogP contribution is 2.49. The lowest BCUT2D eigenvalue weighted by Crippen LogP contribution is -2.43. The van der Waals surface area contributed by atoms with Gasteiger partial charge in [0.1, 0.15) is 0 Å². The molecule has 0 bridgehead atoms. The molecule has 2 heterocycles. The van der Waals surface area contributed by atoms with Crippen LogP contribution in [0.2, 0.25) is 0 Å². The minimum Gasteiger partial charge on any atom is -0.481 e. The van der Waals surface area contributed by atoms with Crippen molar-refractivity contribution in [2.24, 2.45) is 11.3 Å². The molecular weight excluding hydrogens is 394 g/mol. The fourth-order valence-electron chi connectivity index (χ4n) is 5.03. The van der Waals surface area contributed by atoms with Crippen LogP contribution in [0.4, 0.5) is 11.4 Å². The number of carboxylic acids is 1. The molecule has 1 saturated carbocycles. The number of carbonyl (C=O) groups excluding carboxylic acids is 2. The molecular formula is C21H28ClN3O4. The highest BCUT2D eigenvalue weighted by molar-refractivity contribution is 5.97. The SMILES string of the molecule is CC(C(=O)Nc1ccc(N2CCCC2=O)cc1)N1C[C@@H]2CCC[C@@]2(C(=O)O)C1.Cl. The Labute approximate surface area is 176 Å². The maximum atomic E-state index is 12.7. The Kier molecular flexibility index (Phi) is 6.19. The number of rotatable bonds is 5. The van der Waals surface area contributed by atoms with Crippen LogP contribution >= 0.6 is 12.4 Å². The lowest BCUT2D eigenvalue weighted by Gasteiger charge is -2.26. The smallest absolute Gasteiger partial charge is 0.311 e. The van der Waals surface area contributed by atoms with E-state index in [1.165, 1.54) is 0 Å². The molecule has 7 nitrogen and oxygen atoms in total. The van der Waals surface area contributed by atoms with E-state index in [1.807, 2.05) is 36.1 Å². The van der Waals surface area contributed by atoms with Gasteiger partial charge in [-0.15, -0.1) is 12.4 Å². The lowest BCUT2D eigenvalue weighted by atomic mass is 9.81. The molecule has 0 aromatic heterocycles. The fourth-order valence-corrected chi connectivity index (χ4v) is 5.03. The van der Waals surface area contributed by atoms with Crippen molar-refractivity contribution in [1.29, 1.82) is 0 Å². The summed E-state index contributed by atoms with van der Waals surface area (Å²) in [6.07, 6.45) is 4.05. The van der Waals surface area contributed by atoms with E-state index in [-0.39, 0.29) is 36.2 Å². The highest BCUT2D eigenvalue weighted by Gasteiger charge is 2.55. The second-order valence-corrected chi connectivity index (χ2v) is 8.34. The van der Waals surface area contributed by atoms with E-state index in [9.17, 15) is 19.5 Å². The molecule has 1 aromatic rings. The molecule has 2 aliphatic heterocycles. The summed E-state index contributed by atoms with van der Waals surface area (Å²) in [6, 6.07) is 6.93. The van der Waals surface area contributed by atoms with Crippen molar-refractivity contribution < 1.29 is 19.5 Å². The second-order valence-electron chi connectivity index (χ2n) is 8.34. The largest absolute Gasteiger partial charge is 0.481 e. The number of likely N-dealkylation sites (tertiary alicyclic amines) is 1. The van der Waals surface area contributed by atoms with Gasteiger partial charge in [-0.05, 0) is 56.4 Å². The molecule has 1 unspecified atom stereocenters. The highest BCUT2D eigenvalue weighted by atomic mass is 35.5. The van der Waals surface area contributed by atoms with Crippen molar-refractivity contribution in [2.45, 2.75) is 45.1 Å². The van der Waals surface area contributed by atoms with E-state index in [0.717, 1.165) is 31.5 Å². The van der Waals surface area contributed by atoms with Crippen LogP contribution in [0.25, 0.3) is 0 Å². The average molecular weight is 422 g/mol.